The van der Waals surface area contributed by atoms with Gasteiger partial charge in [-0.3, -0.25) is 0 Å². The van der Waals surface area contributed by atoms with Gasteiger partial charge in [0.05, 0.1) is 5.69 Å². The molecule has 2 aliphatic rings. The zero-order chi connectivity index (χ0) is 18.1. The number of benzene rings is 1. The standard InChI is InChI=1S/C21H24N4S/c1-4-25(14(2)3)21-24-19(13-26-21)18-12-23-20-17(18)10-16(11-22-20)15-8-6-5-7-9-15/h5-14,20,22-23H,4H2,1-3H3. The lowest BCUT2D eigenvalue weighted by Crippen LogP contribution is -2.36. The Kier molecular flexibility index (Phi) is 4.55. The van der Waals surface area contributed by atoms with Gasteiger partial charge < -0.3 is 15.5 Å². The van der Waals surface area contributed by atoms with Crippen LogP contribution in [-0.2, 0) is 0 Å². The lowest BCUT2D eigenvalue weighted by Gasteiger charge is -2.24. The SMILES string of the molecule is CCN(c1nc(C2=CNC3NC=C(c4ccccc4)C=C23)cs1)C(C)C. The van der Waals surface area contributed by atoms with Crippen LogP contribution in [-0.4, -0.2) is 23.7 Å². The second-order valence-electron chi connectivity index (χ2n) is 6.78. The maximum absolute atomic E-state index is 4.92. The van der Waals surface area contributed by atoms with E-state index in [0.717, 1.165) is 17.4 Å². The van der Waals surface area contributed by atoms with Crippen molar-refractivity contribution in [1.29, 1.82) is 0 Å². The molecule has 3 heterocycles. The summed E-state index contributed by atoms with van der Waals surface area (Å²) in [6.45, 7) is 7.57. The third-order valence-corrected chi connectivity index (χ3v) is 5.70. The van der Waals surface area contributed by atoms with Crippen molar-refractivity contribution < 1.29 is 0 Å². The maximum Gasteiger partial charge on any atom is 0.186 e. The number of hydrogen-bond donors (Lipinski definition) is 2. The van der Waals surface area contributed by atoms with Gasteiger partial charge in [0, 0.05) is 41.5 Å². The van der Waals surface area contributed by atoms with Crippen LogP contribution in [0, 0.1) is 0 Å². The second kappa shape index (κ2) is 7.00. The first-order valence-electron chi connectivity index (χ1n) is 9.09. The van der Waals surface area contributed by atoms with Crippen molar-refractivity contribution >= 4 is 27.6 Å². The highest BCUT2D eigenvalue weighted by molar-refractivity contribution is 7.13. The highest BCUT2D eigenvalue weighted by atomic mass is 32.1. The fraction of sp³-hybridized carbons (Fsp3) is 0.286. The fourth-order valence-corrected chi connectivity index (χ4v) is 4.46. The van der Waals surface area contributed by atoms with E-state index >= 15 is 0 Å². The third-order valence-electron chi connectivity index (χ3n) is 4.82. The fourth-order valence-electron chi connectivity index (χ4n) is 3.44. The maximum atomic E-state index is 4.92. The molecule has 1 atom stereocenters. The predicted octanol–water partition coefficient (Wildman–Crippen LogP) is 4.22. The summed E-state index contributed by atoms with van der Waals surface area (Å²) in [6.07, 6.45) is 6.55. The van der Waals surface area contributed by atoms with E-state index in [4.69, 9.17) is 4.98 Å². The Morgan fingerprint density at radius 1 is 1.15 bits per heavy atom. The van der Waals surface area contributed by atoms with Crippen LogP contribution in [0.2, 0.25) is 0 Å². The lowest BCUT2D eigenvalue weighted by molar-refractivity contribution is 0.636. The molecule has 0 saturated heterocycles. The number of allylic oxidation sites excluding steroid dienone is 2. The number of nitrogens with zero attached hydrogens (tertiary/aromatic N) is 2. The van der Waals surface area contributed by atoms with Gasteiger partial charge in [-0.1, -0.05) is 30.3 Å². The number of aromatic nitrogens is 1. The molecule has 4 nitrogen and oxygen atoms in total. The molecule has 4 rings (SSSR count). The number of anilines is 1. The Balaban J connectivity index is 1.63. The first-order valence-corrected chi connectivity index (χ1v) is 9.97. The van der Waals surface area contributed by atoms with Crippen molar-refractivity contribution in [1.82, 2.24) is 15.6 Å². The van der Waals surface area contributed by atoms with Crippen LogP contribution >= 0.6 is 11.3 Å². The van der Waals surface area contributed by atoms with Crippen molar-refractivity contribution in [3.8, 4) is 0 Å². The van der Waals surface area contributed by atoms with Crippen LogP contribution < -0.4 is 15.5 Å². The molecular formula is C21H24N4S. The van der Waals surface area contributed by atoms with Crippen LogP contribution in [0.1, 0.15) is 32.0 Å². The van der Waals surface area contributed by atoms with E-state index in [9.17, 15) is 0 Å². The number of dihydropyridines is 1. The summed E-state index contributed by atoms with van der Waals surface area (Å²) >= 11 is 1.72. The average molecular weight is 365 g/mol. The van der Waals surface area contributed by atoms with Crippen molar-refractivity contribution in [2.45, 2.75) is 33.0 Å². The summed E-state index contributed by atoms with van der Waals surface area (Å²) in [4.78, 5) is 7.25. The summed E-state index contributed by atoms with van der Waals surface area (Å²) in [5.41, 5.74) is 5.87. The smallest absolute Gasteiger partial charge is 0.186 e. The van der Waals surface area contributed by atoms with Gasteiger partial charge in [0.1, 0.15) is 6.17 Å². The predicted molar refractivity (Wildman–Crippen MR) is 111 cm³/mol. The number of hydrogen-bond acceptors (Lipinski definition) is 5. The number of fused-ring (bicyclic) bond motifs is 1. The molecule has 0 fully saturated rings. The molecule has 0 spiro atoms. The van der Waals surface area contributed by atoms with E-state index < -0.39 is 0 Å². The molecule has 0 aliphatic carbocycles. The summed E-state index contributed by atoms with van der Waals surface area (Å²) in [5, 5.41) is 10.1. The lowest BCUT2D eigenvalue weighted by atomic mass is 9.96. The summed E-state index contributed by atoms with van der Waals surface area (Å²) in [6, 6.07) is 10.9. The normalized spacial score (nSPS) is 18.5. The molecule has 1 unspecified atom stereocenters. The molecule has 5 heteroatoms. The van der Waals surface area contributed by atoms with Crippen LogP contribution in [0.5, 0.6) is 0 Å². The molecule has 1 aromatic carbocycles. The molecule has 2 aliphatic heterocycles. The van der Waals surface area contributed by atoms with Gasteiger partial charge in [-0.25, -0.2) is 4.98 Å². The van der Waals surface area contributed by atoms with Gasteiger partial charge in [-0.2, -0.15) is 0 Å². The highest BCUT2D eigenvalue weighted by Gasteiger charge is 2.28. The summed E-state index contributed by atoms with van der Waals surface area (Å²) < 4.78 is 0. The Morgan fingerprint density at radius 2 is 1.92 bits per heavy atom. The molecule has 1 aromatic heterocycles. The number of rotatable bonds is 5. The van der Waals surface area contributed by atoms with E-state index in [1.54, 1.807) is 11.3 Å². The molecule has 26 heavy (non-hydrogen) atoms. The van der Waals surface area contributed by atoms with E-state index in [1.165, 1.54) is 22.3 Å². The minimum atomic E-state index is 0.120. The number of nitrogens with one attached hydrogen (secondary N) is 2. The van der Waals surface area contributed by atoms with Crippen molar-refractivity contribution in [3.63, 3.8) is 0 Å². The average Bonchev–Trinajstić information content (AvgIpc) is 3.29. The molecule has 0 radical (unpaired) electrons. The van der Waals surface area contributed by atoms with E-state index in [-0.39, 0.29) is 6.17 Å². The minimum absolute atomic E-state index is 0.120. The van der Waals surface area contributed by atoms with Crippen LogP contribution in [0.15, 0.2) is 59.8 Å². The highest BCUT2D eigenvalue weighted by Crippen LogP contribution is 2.35. The van der Waals surface area contributed by atoms with Crippen LogP contribution in [0.4, 0.5) is 5.13 Å². The van der Waals surface area contributed by atoms with Crippen molar-refractivity contribution in [3.05, 3.63) is 71.0 Å². The summed E-state index contributed by atoms with van der Waals surface area (Å²) in [5.74, 6) is 0. The zero-order valence-electron chi connectivity index (χ0n) is 15.4. The second-order valence-corrected chi connectivity index (χ2v) is 7.62. The topological polar surface area (TPSA) is 40.2 Å². The molecule has 2 N–H and O–H groups in total. The number of thiazole rings is 1. The van der Waals surface area contributed by atoms with Gasteiger partial charge in [-0.15, -0.1) is 11.3 Å². The monoisotopic (exact) mass is 364 g/mol. The Labute approximate surface area is 159 Å². The third kappa shape index (κ3) is 3.03. The molecule has 2 aromatic rings. The summed E-state index contributed by atoms with van der Waals surface area (Å²) in [7, 11) is 0. The van der Waals surface area contributed by atoms with Gasteiger partial charge in [0.2, 0.25) is 0 Å². The van der Waals surface area contributed by atoms with Gasteiger partial charge in [0.25, 0.3) is 0 Å². The Morgan fingerprint density at radius 3 is 2.65 bits per heavy atom. The van der Waals surface area contributed by atoms with Crippen molar-refractivity contribution in [2.75, 3.05) is 11.4 Å². The zero-order valence-corrected chi connectivity index (χ0v) is 16.2. The molecule has 0 amide bonds. The van der Waals surface area contributed by atoms with Gasteiger partial charge in [0.15, 0.2) is 5.13 Å². The van der Waals surface area contributed by atoms with E-state index in [2.05, 4.69) is 84.4 Å². The van der Waals surface area contributed by atoms with Crippen LogP contribution in [0.25, 0.3) is 11.1 Å². The van der Waals surface area contributed by atoms with Gasteiger partial charge >= 0.3 is 0 Å². The first kappa shape index (κ1) is 16.9. The Bertz CT molecular complexity index is 876. The van der Waals surface area contributed by atoms with E-state index in [0.29, 0.717) is 6.04 Å². The largest absolute Gasteiger partial charge is 0.367 e. The van der Waals surface area contributed by atoms with Crippen LogP contribution in [0.3, 0.4) is 0 Å². The molecule has 134 valence electrons. The molecule has 0 saturated carbocycles. The Hall–Kier alpha value is -2.53. The van der Waals surface area contributed by atoms with Gasteiger partial charge in [-0.05, 0) is 38.0 Å². The molecular weight excluding hydrogens is 340 g/mol. The van der Waals surface area contributed by atoms with Crippen molar-refractivity contribution in [2.24, 2.45) is 0 Å². The quantitative estimate of drug-likeness (QED) is 0.833. The minimum Gasteiger partial charge on any atom is -0.367 e. The first-order chi connectivity index (χ1) is 12.7. The molecule has 0 bridgehead atoms. The van der Waals surface area contributed by atoms with E-state index in [1.807, 2.05) is 6.07 Å².